The third-order valence-electron chi connectivity index (χ3n) is 5.02. The summed E-state index contributed by atoms with van der Waals surface area (Å²) in [6.07, 6.45) is 1.41. The Morgan fingerprint density at radius 2 is 1.51 bits per heavy atom. The Balaban J connectivity index is 1.33. The number of hydrogen-bond acceptors (Lipinski definition) is 5. The summed E-state index contributed by atoms with van der Waals surface area (Å²) in [7, 11) is 0. The third-order valence-corrected chi connectivity index (χ3v) is 5.02. The molecule has 4 N–H and O–H groups in total. The van der Waals surface area contributed by atoms with Crippen LogP contribution >= 0.6 is 0 Å². The van der Waals surface area contributed by atoms with Crippen LogP contribution in [0.15, 0.2) is 72.9 Å². The summed E-state index contributed by atoms with van der Waals surface area (Å²) in [6, 6.07) is 17.4. The van der Waals surface area contributed by atoms with E-state index in [2.05, 4.69) is 26.3 Å². The molecule has 0 unspecified atom stereocenters. The van der Waals surface area contributed by atoms with Gasteiger partial charge < -0.3 is 21.3 Å². The summed E-state index contributed by atoms with van der Waals surface area (Å²) in [6.45, 7) is 2.04. The Kier molecular flexibility index (Phi) is 6.86. The summed E-state index contributed by atoms with van der Waals surface area (Å²) in [5.74, 6) is 0.126. The number of carbonyl (C=O) groups excluding carboxylic acids is 4. The second kappa shape index (κ2) is 10.3. The van der Waals surface area contributed by atoms with Gasteiger partial charge in [-0.25, -0.2) is 24.3 Å². The highest BCUT2D eigenvalue weighted by atomic mass is 16.2. The van der Waals surface area contributed by atoms with Gasteiger partial charge in [0.25, 0.3) is 0 Å². The highest BCUT2D eigenvalue weighted by Gasteiger charge is 2.34. The summed E-state index contributed by atoms with van der Waals surface area (Å²) in [5, 5.41) is 10.5. The molecule has 0 atom stereocenters. The molecule has 2 aromatic carbocycles. The standard InChI is InChI=1S/C24H23N7O4/c1-16(32)26-21-11-10-19(15-25-21)28-22(33)27-17-6-5-7-18(14-17)29-23(34)31-13-12-30(24(31)35)20-8-3-2-4-9-20/h2-11,14-15H,12-13H2,1H3,(H,29,34)(H,25,26,32)(H2,27,28,33). The first kappa shape index (κ1) is 23.2. The molecule has 0 radical (unpaired) electrons. The maximum atomic E-state index is 12.7. The van der Waals surface area contributed by atoms with Gasteiger partial charge in [0.1, 0.15) is 5.82 Å². The number of benzene rings is 2. The molecule has 0 aliphatic carbocycles. The molecule has 11 nitrogen and oxygen atoms in total. The molecule has 35 heavy (non-hydrogen) atoms. The van der Waals surface area contributed by atoms with Gasteiger partial charge in [-0.1, -0.05) is 24.3 Å². The average Bonchev–Trinajstić information content (AvgIpc) is 3.22. The highest BCUT2D eigenvalue weighted by Crippen LogP contribution is 2.22. The lowest BCUT2D eigenvalue weighted by atomic mass is 10.3. The van der Waals surface area contributed by atoms with Crippen molar-refractivity contribution in [1.29, 1.82) is 0 Å². The Hall–Kier alpha value is -4.93. The Bertz CT molecular complexity index is 1250. The first-order valence-electron chi connectivity index (χ1n) is 10.8. The predicted octanol–water partition coefficient (Wildman–Crippen LogP) is 4.16. The van der Waals surface area contributed by atoms with Gasteiger partial charge in [-0.3, -0.25) is 9.69 Å². The number of aromatic nitrogens is 1. The van der Waals surface area contributed by atoms with Gasteiger partial charge >= 0.3 is 18.1 Å². The highest BCUT2D eigenvalue weighted by molar-refractivity contribution is 6.08. The van der Waals surface area contributed by atoms with Gasteiger partial charge in [0, 0.05) is 30.5 Å². The minimum absolute atomic E-state index is 0.245. The molecule has 7 amide bonds. The number of para-hydroxylation sites is 1. The van der Waals surface area contributed by atoms with E-state index in [1.54, 1.807) is 41.3 Å². The van der Waals surface area contributed by atoms with E-state index in [9.17, 15) is 19.2 Å². The van der Waals surface area contributed by atoms with Crippen molar-refractivity contribution in [2.45, 2.75) is 6.92 Å². The quantitative estimate of drug-likeness (QED) is 0.441. The van der Waals surface area contributed by atoms with E-state index >= 15 is 0 Å². The van der Waals surface area contributed by atoms with Gasteiger partial charge in [0.2, 0.25) is 5.91 Å². The Morgan fingerprint density at radius 1 is 0.800 bits per heavy atom. The lowest BCUT2D eigenvalue weighted by Gasteiger charge is -2.18. The smallest absolute Gasteiger partial charge is 0.311 e. The summed E-state index contributed by atoms with van der Waals surface area (Å²) in [5.41, 5.74) is 2.00. The number of hydrogen-bond donors (Lipinski definition) is 4. The fraction of sp³-hybridized carbons (Fsp3) is 0.125. The average molecular weight is 473 g/mol. The normalized spacial score (nSPS) is 12.8. The summed E-state index contributed by atoms with van der Waals surface area (Å²) in [4.78, 5) is 55.5. The number of nitrogens with zero attached hydrogens (tertiary/aromatic N) is 3. The summed E-state index contributed by atoms with van der Waals surface area (Å²) < 4.78 is 0. The monoisotopic (exact) mass is 473 g/mol. The molecule has 2 heterocycles. The fourth-order valence-corrected chi connectivity index (χ4v) is 3.45. The van der Waals surface area contributed by atoms with Gasteiger partial charge in [-0.15, -0.1) is 0 Å². The molecule has 4 rings (SSSR count). The minimum Gasteiger partial charge on any atom is -0.311 e. The molecule has 3 aromatic rings. The van der Waals surface area contributed by atoms with Gasteiger partial charge in [0.05, 0.1) is 18.4 Å². The number of anilines is 5. The maximum Gasteiger partial charge on any atom is 0.332 e. The van der Waals surface area contributed by atoms with E-state index in [4.69, 9.17) is 0 Å². The van der Waals surface area contributed by atoms with Crippen LogP contribution in [0.3, 0.4) is 0 Å². The van der Waals surface area contributed by atoms with Crippen molar-refractivity contribution in [3.05, 3.63) is 72.9 Å². The van der Waals surface area contributed by atoms with Crippen LogP contribution in [0, 0.1) is 0 Å². The molecule has 0 spiro atoms. The molecule has 1 aliphatic heterocycles. The van der Waals surface area contributed by atoms with Crippen molar-refractivity contribution < 1.29 is 19.2 Å². The molecule has 11 heteroatoms. The van der Waals surface area contributed by atoms with Crippen LogP contribution < -0.4 is 26.2 Å². The molecule has 1 fully saturated rings. The number of pyridine rings is 1. The number of rotatable bonds is 5. The van der Waals surface area contributed by atoms with Crippen molar-refractivity contribution in [2.75, 3.05) is 39.3 Å². The summed E-state index contributed by atoms with van der Waals surface area (Å²) >= 11 is 0. The van der Waals surface area contributed by atoms with Gasteiger partial charge in [0.15, 0.2) is 0 Å². The molecular weight excluding hydrogens is 450 g/mol. The number of urea groups is 3. The van der Waals surface area contributed by atoms with Crippen LogP contribution in [0.5, 0.6) is 0 Å². The number of carbonyl (C=O) groups is 4. The van der Waals surface area contributed by atoms with E-state index in [-0.39, 0.29) is 12.5 Å². The molecule has 178 valence electrons. The Labute approximate surface area is 201 Å². The first-order chi connectivity index (χ1) is 16.9. The molecule has 1 aromatic heterocycles. The molecule has 0 bridgehead atoms. The maximum absolute atomic E-state index is 12.7. The second-order valence-electron chi connectivity index (χ2n) is 7.62. The van der Waals surface area contributed by atoms with Gasteiger partial charge in [-0.05, 0) is 42.5 Å². The van der Waals surface area contributed by atoms with Crippen molar-refractivity contribution in [2.24, 2.45) is 0 Å². The number of imide groups is 1. The molecular formula is C24H23N7O4. The lowest BCUT2D eigenvalue weighted by Crippen LogP contribution is -2.39. The zero-order valence-electron chi connectivity index (χ0n) is 18.8. The fourth-order valence-electron chi connectivity index (χ4n) is 3.45. The molecule has 1 saturated heterocycles. The zero-order valence-corrected chi connectivity index (χ0v) is 18.8. The van der Waals surface area contributed by atoms with Crippen LogP contribution in [0.25, 0.3) is 0 Å². The van der Waals surface area contributed by atoms with E-state index in [1.807, 2.05) is 30.3 Å². The van der Waals surface area contributed by atoms with Crippen molar-refractivity contribution in [3.63, 3.8) is 0 Å². The van der Waals surface area contributed by atoms with Crippen LogP contribution in [0.4, 0.5) is 43.0 Å². The third kappa shape index (κ3) is 5.90. The van der Waals surface area contributed by atoms with E-state index in [1.165, 1.54) is 13.1 Å². The van der Waals surface area contributed by atoms with Crippen molar-refractivity contribution >= 4 is 52.6 Å². The van der Waals surface area contributed by atoms with Crippen molar-refractivity contribution in [1.82, 2.24) is 9.88 Å². The van der Waals surface area contributed by atoms with Crippen molar-refractivity contribution in [3.8, 4) is 0 Å². The van der Waals surface area contributed by atoms with Crippen LogP contribution in [-0.4, -0.2) is 47.0 Å². The largest absolute Gasteiger partial charge is 0.332 e. The van der Waals surface area contributed by atoms with E-state index in [0.717, 1.165) is 10.6 Å². The van der Waals surface area contributed by atoms with Gasteiger partial charge in [-0.2, -0.15) is 0 Å². The minimum atomic E-state index is -0.555. The van der Waals surface area contributed by atoms with Crippen LogP contribution in [-0.2, 0) is 4.79 Å². The predicted molar refractivity (Wildman–Crippen MR) is 133 cm³/mol. The number of nitrogens with one attached hydrogen (secondary N) is 4. The van der Waals surface area contributed by atoms with E-state index < -0.39 is 18.1 Å². The van der Waals surface area contributed by atoms with Crippen LogP contribution in [0.1, 0.15) is 6.92 Å². The lowest BCUT2D eigenvalue weighted by molar-refractivity contribution is -0.114. The van der Waals surface area contributed by atoms with Crippen LogP contribution in [0.2, 0.25) is 0 Å². The topological polar surface area (TPSA) is 136 Å². The SMILES string of the molecule is CC(=O)Nc1ccc(NC(=O)Nc2cccc(NC(=O)N3CCN(c4ccccc4)C3=O)c2)cn1. The zero-order chi connectivity index (χ0) is 24.8. The molecule has 0 saturated carbocycles. The second-order valence-corrected chi connectivity index (χ2v) is 7.62. The number of amides is 7. The van der Waals surface area contributed by atoms with E-state index in [0.29, 0.717) is 29.4 Å². The Morgan fingerprint density at radius 3 is 2.20 bits per heavy atom. The molecule has 1 aliphatic rings. The first-order valence-corrected chi connectivity index (χ1v) is 10.8.